The molecule has 0 fully saturated rings. The van der Waals surface area contributed by atoms with Crippen molar-refractivity contribution in [2.45, 2.75) is 39.7 Å². The van der Waals surface area contributed by atoms with E-state index in [1.54, 1.807) is 4.40 Å². The van der Waals surface area contributed by atoms with Crippen LogP contribution in [0.3, 0.4) is 0 Å². The zero-order valence-corrected chi connectivity index (χ0v) is 11.2. The zero-order valence-electron chi connectivity index (χ0n) is 10.4. The molecular formula is C12H16N2O2S. The van der Waals surface area contributed by atoms with Gasteiger partial charge < -0.3 is 0 Å². The van der Waals surface area contributed by atoms with E-state index in [-0.39, 0.29) is 17.3 Å². The maximum Gasteiger partial charge on any atom is 0.336 e. The summed E-state index contributed by atoms with van der Waals surface area (Å²) in [5.41, 5.74) is -0.465. The van der Waals surface area contributed by atoms with Gasteiger partial charge in [-0.3, -0.25) is 13.8 Å². The van der Waals surface area contributed by atoms with Crippen LogP contribution in [0.4, 0.5) is 0 Å². The van der Waals surface area contributed by atoms with Crippen molar-refractivity contribution in [1.29, 1.82) is 0 Å². The molecule has 0 N–H and O–H groups in total. The highest BCUT2D eigenvalue weighted by molar-refractivity contribution is 7.17. The number of rotatable bonds is 2. The van der Waals surface area contributed by atoms with E-state index in [4.69, 9.17) is 0 Å². The monoisotopic (exact) mass is 252 g/mol. The van der Waals surface area contributed by atoms with E-state index in [1.807, 2.05) is 20.0 Å². The number of hydrogen-bond acceptors (Lipinski definition) is 3. The Morgan fingerprint density at radius 2 is 1.82 bits per heavy atom. The third-order valence-corrected chi connectivity index (χ3v) is 4.03. The van der Waals surface area contributed by atoms with E-state index in [0.717, 1.165) is 9.71 Å². The first kappa shape index (κ1) is 12.1. The molecule has 4 nitrogen and oxygen atoms in total. The SMILES string of the molecule is CC(C)c1cn2c(=O)n(C(C)C)c(=O)cc2s1. The molecule has 0 aliphatic heterocycles. The molecular weight excluding hydrogens is 236 g/mol. The second kappa shape index (κ2) is 4.14. The highest BCUT2D eigenvalue weighted by Crippen LogP contribution is 2.23. The fraction of sp³-hybridized carbons (Fsp3) is 0.500. The summed E-state index contributed by atoms with van der Waals surface area (Å²) in [5, 5.41) is 0. The highest BCUT2D eigenvalue weighted by atomic mass is 32.1. The lowest BCUT2D eigenvalue weighted by Gasteiger charge is -2.07. The Morgan fingerprint density at radius 3 is 2.35 bits per heavy atom. The van der Waals surface area contributed by atoms with Gasteiger partial charge in [0.05, 0.1) is 0 Å². The second-order valence-electron chi connectivity index (χ2n) is 4.73. The molecule has 2 aromatic rings. The van der Waals surface area contributed by atoms with Crippen LogP contribution in [-0.2, 0) is 0 Å². The van der Waals surface area contributed by atoms with Gasteiger partial charge in [-0.05, 0) is 19.8 Å². The summed E-state index contributed by atoms with van der Waals surface area (Å²) in [5.74, 6) is 0.363. The lowest BCUT2D eigenvalue weighted by Crippen LogP contribution is -2.37. The van der Waals surface area contributed by atoms with Crippen LogP contribution in [0.15, 0.2) is 21.9 Å². The predicted molar refractivity (Wildman–Crippen MR) is 70.3 cm³/mol. The Morgan fingerprint density at radius 1 is 1.18 bits per heavy atom. The van der Waals surface area contributed by atoms with E-state index in [1.165, 1.54) is 22.0 Å². The van der Waals surface area contributed by atoms with Crippen molar-refractivity contribution in [3.8, 4) is 0 Å². The zero-order chi connectivity index (χ0) is 12.7. The topological polar surface area (TPSA) is 43.5 Å². The van der Waals surface area contributed by atoms with Gasteiger partial charge in [0.15, 0.2) is 0 Å². The number of thiazole rings is 1. The van der Waals surface area contributed by atoms with E-state index in [9.17, 15) is 9.59 Å². The van der Waals surface area contributed by atoms with Crippen molar-refractivity contribution in [3.05, 3.63) is 38.0 Å². The molecule has 0 saturated carbocycles. The summed E-state index contributed by atoms with van der Waals surface area (Å²) in [6.45, 7) is 7.82. The summed E-state index contributed by atoms with van der Waals surface area (Å²) in [6.07, 6.45) is 1.84. The van der Waals surface area contributed by atoms with Gasteiger partial charge in [-0.25, -0.2) is 4.79 Å². The Balaban J connectivity index is 2.84. The normalized spacial score (nSPS) is 11.9. The highest BCUT2D eigenvalue weighted by Gasteiger charge is 2.12. The van der Waals surface area contributed by atoms with Gasteiger partial charge in [-0.1, -0.05) is 13.8 Å². The first-order valence-electron chi connectivity index (χ1n) is 5.69. The molecule has 17 heavy (non-hydrogen) atoms. The molecule has 0 aromatic carbocycles. The molecule has 0 bridgehead atoms. The van der Waals surface area contributed by atoms with Crippen LogP contribution in [0.25, 0.3) is 4.83 Å². The molecule has 2 heterocycles. The first-order valence-corrected chi connectivity index (χ1v) is 6.51. The summed E-state index contributed by atoms with van der Waals surface area (Å²) >= 11 is 1.50. The Labute approximate surface area is 103 Å². The second-order valence-corrected chi connectivity index (χ2v) is 5.82. The van der Waals surface area contributed by atoms with Gasteiger partial charge in [-0.2, -0.15) is 0 Å². The van der Waals surface area contributed by atoms with Gasteiger partial charge in [0.25, 0.3) is 5.56 Å². The van der Waals surface area contributed by atoms with Gasteiger partial charge in [0, 0.05) is 23.2 Å². The molecule has 92 valence electrons. The van der Waals surface area contributed by atoms with E-state index in [2.05, 4.69) is 13.8 Å². The standard InChI is InChI=1S/C12H16N2O2S/c1-7(2)9-6-13-11(17-9)5-10(15)14(8(3)4)12(13)16/h5-8H,1-4H3. The molecule has 0 radical (unpaired) electrons. The number of aromatic nitrogens is 2. The van der Waals surface area contributed by atoms with Crippen LogP contribution in [-0.4, -0.2) is 8.97 Å². The average Bonchev–Trinajstić information content (AvgIpc) is 2.60. The van der Waals surface area contributed by atoms with Crippen molar-refractivity contribution < 1.29 is 0 Å². The molecule has 0 aliphatic rings. The van der Waals surface area contributed by atoms with Crippen LogP contribution >= 0.6 is 11.3 Å². The fourth-order valence-corrected chi connectivity index (χ4v) is 2.79. The summed E-state index contributed by atoms with van der Waals surface area (Å²) < 4.78 is 2.85. The Bertz CT molecular complexity index is 661. The maximum atomic E-state index is 12.2. The molecule has 0 atom stereocenters. The third-order valence-electron chi connectivity index (χ3n) is 2.70. The molecule has 0 unspecified atom stereocenters. The quantitative estimate of drug-likeness (QED) is 0.822. The van der Waals surface area contributed by atoms with Crippen molar-refractivity contribution in [3.63, 3.8) is 0 Å². The van der Waals surface area contributed by atoms with Crippen LogP contribution in [0.1, 0.15) is 44.5 Å². The molecule has 2 aromatic heterocycles. The molecule has 2 rings (SSSR count). The smallest absolute Gasteiger partial charge is 0.269 e. The lowest BCUT2D eigenvalue weighted by molar-refractivity contribution is 0.542. The number of fused-ring (bicyclic) bond motifs is 1. The molecule has 0 saturated heterocycles. The first-order chi connectivity index (χ1) is 7.91. The van der Waals surface area contributed by atoms with Gasteiger partial charge in [-0.15, -0.1) is 11.3 Å². The van der Waals surface area contributed by atoms with Crippen LogP contribution in [0, 0.1) is 0 Å². The summed E-state index contributed by atoms with van der Waals surface area (Å²) in [7, 11) is 0. The minimum absolute atomic E-state index is 0.116. The van der Waals surface area contributed by atoms with Gasteiger partial charge in [0.2, 0.25) is 0 Å². The van der Waals surface area contributed by atoms with Crippen molar-refractivity contribution in [1.82, 2.24) is 8.97 Å². The van der Waals surface area contributed by atoms with Crippen molar-refractivity contribution in [2.24, 2.45) is 0 Å². The average molecular weight is 252 g/mol. The van der Waals surface area contributed by atoms with E-state index in [0.29, 0.717) is 5.92 Å². The minimum Gasteiger partial charge on any atom is -0.269 e. The molecule has 0 amide bonds. The van der Waals surface area contributed by atoms with E-state index >= 15 is 0 Å². The van der Waals surface area contributed by atoms with Crippen LogP contribution in [0.2, 0.25) is 0 Å². The number of hydrogen-bond donors (Lipinski definition) is 0. The Kier molecular flexibility index (Phi) is 2.95. The fourth-order valence-electron chi connectivity index (χ4n) is 1.76. The summed E-state index contributed by atoms with van der Waals surface area (Å²) in [6, 6.07) is 1.42. The third kappa shape index (κ3) is 1.95. The lowest BCUT2D eigenvalue weighted by atomic mass is 10.2. The molecule has 0 spiro atoms. The largest absolute Gasteiger partial charge is 0.336 e. The Hall–Kier alpha value is -1.36. The molecule has 0 aliphatic carbocycles. The van der Waals surface area contributed by atoms with Crippen molar-refractivity contribution in [2.75, 3.05) is 0 Å². The van der Waals surface area contributed by atoms with Crippen LogP contribution in [0.5, 0.6) is 0 Å². The van der Waals surface area contributed by atoms with Crippen molar-refractivity contribution >= 4 is 16.2 Å². The van der Waals surface area contributed by atoms with Crippen LogP contribution < -0.4 is 11.2 Å². The van der Waals surface area contributed by atoms with Gasteiger partial charge >= 0.3 is 5.69 Å². The summed E-state index contributed by atoms with van der Waals surface area (Å²) in [4.78, 5) is 25.8. The molecule has 5 heteroatoms. The predicted octanol–water partition coefficient (Wildman–Crippen LogP) is 2.23. The maximum absolute atomic E-state index is 12.2. The van der Waals surface area contributed by atoms with E-state index < -0.39 is 0 Å². The number of nitrogens with zero attached hydrogens (tertiary/aromatic N) is 2. The minimum atomic E-state index is -0.245. The van der Waals surface area contributed by atoms with Gasteiger partial charge in [0.1, 0.15) is 4.83 Å².